The first-order valence-corrected chi connectivity index (χ1v) is 2.90. The quantitative estimate of drug-likeness (QED) is 0.629. The van der Waals surface area contributed by atoms with Gasteiger partial charge in [0.2, 0.25) is 5.91 Å². The molecule has 0 spiro atoms. The molecule has 0 saturated carbocycles. The van der Waals surface area contributed by atoms with Gasteiger partial charge in [0.25, 0.3) is 0 Å². The molecule has 64 valence electrons. The molecule has 0 fully saturated rings. The fraction of sp³-hybridized carbons (Fsp3) is 0.500. The van der Waals surface area contributed by atoms with Crippen LogP contribution in [0.2, 0.25) is 0 Å². The lowest BCUT2D eigenvalue weighted by Gasteiger charge is -2.06. The zero-order valence-electron chi connectivity index (χ0n) is 5.74. The third kappa shape index (κ3) is 6.89. The van der Waals surface area contributed by atoms with Crippen LogP contribution in [0.15, 0.2) is 12.7 Å². The number of carbonyl (C=O) groups excluding carboxylic acids is 1. The van der Waals surface area contributed by atoms with Crippen LogP contribution >= 0.6 is 0 Å². The minimum atomic E-state index is -4.34. The maximum atomic E-state index is 11.4. The topological polar surface area (TPSA) is 29.1 Å². The molecule has 0 atom stereocenters. The minimum Gasteiger partial charge on any atom is -0.347 e. The summed E-state index contributed by atoms with van der Waals surface area (Å²) in [6.07, 6.45) is -3.18. The molecule has 0 heterocycles. The van der Waals surface area contributed by atoms with Gasteiger partial charge in [0.15, 0.2) is 0 Å². The fourth-order valence-electron chi connectivity index (χ4n) is 0.402. The first kappa shape index (κ1) is 10.0. The van der Waals surface area contributed by atoms with E-state index in [4.69, 9.17) is 0 Å². The van der Waals surface area contributed by atoms with Crippen molar-refractivity contribution in [3.8, 4) is 0 Å². The van der Waals surface area contributed by atoms with Crippen molar-refractivity contribution in [2.45, 2.75) is 12.6 Å². The summed E-state index contributed by atoms with van der Waals surface area (Å²) in [4.78, 5) is 10.4. The average molecular weight is 167 g/mol. The molecule has 0 aliphatic heterocycles. The van der Waals surface area contributed by atoms with Gasteiger partial charge >= 0.3 is 6.18 Å². The number of rotatable bonds is 3. The van der Waals surface area contributed by atoms with Crippen molar-refractivity contribution < 1.29 is 18.0 Å². The zero-order chi connectivity index (χ0) is 8.91. The van der Waals surface area contributed by atoms with Crippen molar-refractivity contribution in [1.82, 2.24) is 5.32 Å². The Morgan fingerprint density at radius 1 is 1.55 bits per heavy atom. The van der Waals surface area contributed by atoms with Gasteiger partial charge in [-0.2, -0.15) is 13.2 Å². The van der Waals surface area contributed by atoms with Crippen molar-refractivity contribution in [3.05, 3.63) is 12.7 Å². The molecule has 0 saturated heterocycles. The van der Waals surface area contributed by atoms with Gasteiger partial charge in [0, 0.05) is 6.42 Å². The second kappa shape index (κ2) is 4.00. The summed E-state index contributed by atoms with van der Waals surface area (Å²) in [6, 6.07) is 0. The van der Waals surface area contributed by atoms with Gasteiger partial charge in [0.05, 0.1) is 0 Å². The second-order valence-electron chi connectivity index (χ2n) is 1.88. The van der Waals surface area contributed by atoms with Crippen LogP contribution in [0.5, 0.6) is 0 Å². The summed E-state index contributed by atoms with van der Waals surface area (Å²) in [6.45, 7) is 1.92. The van der Waals surface area contributed by atoms with Crippen LogP contribution in [0.25, 0.3) is 0 Å². The molecule has 11 heavy (non-hydrogen) atoms. The van der Waals surface area contributed by atoms with Crippen LogP contribution in [-0.2, 0) is 4.79 Å². The largest absolute Gasteiger partial charge is 0.405 e. The van der Waals surface area contributed by atoms with E-state index in [1.54, 1.807) is 5.32 Å². The monoisotopic (exact) mass is 167 g/mol. The predicted molar refractivity (Wildman–Crippen MR) is 33.9 cm³/mol. The van der Waals surface area contributed by atoms with E-state index < -0.39 is 18.6 Å². The fourth-order valence-corrected chi connectivity index (χ4v) is 0.402. The number of hydrogen-bond donors (Lipinski definition) is 1. The lowest BCUT2D eigenvalue weighted by molar-refractivity contribution is -0.137. The van der Waals surface area contributed by atoms with Crippen molar-refractivity contribution in [1.29, 1.82) is 0 Å². The summed E-state index contributed by atoms with van der Waals surface area (Å²) in [5.74, 6) is -0.669. The Hall–Kier alpha value is -1.00. The molecular weight excluding hydrogens is 159 g/mol. The molecule has 1 amide bonds. The number of amides is 1. The zero-order valence-corrected chi connectivity index (χ0v) is 5.74. The number of alkyl halides is 3. The van der Waals surface area contributed by atoms with Crippen LogP contribution in [0.4, 0.5) is 13.2 Å². The lowest BCUT2D eigenvalue weighted by Crippen LogP contribution is -2.33. The van der Waals surface area contributed by atoms with Crippen molar-refractivity contribution >= 4 is 5.91 Å². The molecule has 0 aromatic rings. The Balaban J connectivity index is 3.54. The molecule has 5 heteroatoms. The van der Waals surface area contributed by atoms with Crippen LogP contribution in [0, 0.1) is 0 Å². The van der Waals surface area contributed by atoms with E-state index in [1.807, 2.05) is 0 Å². The number of hydrogen-bond acceptors (Lipinski definition) is 1. The highest BCUT2D eigenvalue weighted by Gasteiger charge is 2.27. The summed E-state index contributed by atoms with van der Waals surface area (Å²) in [7, 11) is 0. The molecule has 2 nitrogen and oxygen atoms in total. The smallest absolute Gasteiger partial charge is 0.347 e. The Labute approximate surface area is 62.1 Å². The van der Waals surface area contributed by atoms with Crippen LogP contribution in [0.1, 0.15) is 6.42 Å². The first-order valence-electron chi connectivity index (χ1n) is 2.90. The van der Waals surface area contributed by atoms with E-state index in [9.17, 15) is 18.0 Å². The third-order valence-corrected chi connectivity index (χ3v) is 0.816. The van der Waals surface area contributed by atoms with E-state index in [-0.39, 0.29) is 6.42 Å². The molecule has 0 aliphatic carbocycles. The predicted octanol–water partition coefficient (Wildman–Crippen LogP) is 1.24. The van der Waals surface area contributed by atoms with Gasteiger partial charge in [-0.15, -0.1) is 6.58 Å². The van der Waals surface area contributed by atoms with Gasteiger partial charge < -0.3 is 5.32 Å². The van der Waals surface area contributed by atoms with Gasteiger partial charge in [-0.1, -0.05) is 6.08 Å². The lowest BCUT2D eigenvalue weighted by atomic mass is 10.4. The van der Waals surface area contributed by atoms with Crippen molar-refractivity contribution in [3.63, 3.8) is 0 Å². The van der Waals surface area contributed by atoms with E-state index in [2.05, 4.69) is 6.58 Å². The Morgan fingerprint density at radius 2 is 2.09 bits per heavy atom. The molecule has 0 aromatic heterocycles. The van der Waals surface area contributed by atoms with Gasteiger partial charge in [-0.05, 0) is 0 Å². The Bertz CT molecular complexity index is 152. The summed E-state index contributed by atoms with van der Waals surface area (Å²) >= 11 is 0. The highest BCUT2D eigenvalue weighted by atomic mass is 19.4. The summed E-state index contributed by atoms with van der Waals surface area (Å²) < 4.78 is 34.2. The SMILES string of the molecule is C=CCC(=O)NCC(F)(F)F. The molecule has 1 N–H and O–H groups in total. The average Bonchev–Trinajstić information content (AvgIpc) is 1.83. The summed E-state index contributed by atoms with van der Waals surface area (Å²) in [5, 5.41) is 1.69. The van der Waals surface area contributed by atoms with Crippen LogP contribution in [0.3, 0.4) is 0 Å². The third-order valence-electron chi connectivity index (χ3n) is 0.816. The van der Waals surface area contributed by atoms with E-state index in [1.165, 1.54) is 6.08 Å². The van der Waals surface area contributed by atoms with Crippen molar-refractivity contribution in [2.75, 3.05) is 6.54 Å². The highest BCUT2D eigenvalue weighted by Crippen LogP contribution is 2.11. The molecule has 0 unspecified atom stereocenters. The number of nitrogens with one attached hydrogen (secondary N) is 1. The second-order valence-corrected chi connectivity index (χ2v) is 1.88. The van der Waals surface area contributed by atoms with Gasteiger partial charge in [0.1, 0.15) is 6.54 Å². The first-order chi connectivity index (χ1) is 4.95. The van der Waals surface area contributed by atoms with E-state index >= 15 is 0 Å². The Kier molecular flexibility index (Phi) is 3.64. The maximum Gasteiger partial charge on any atom is 0.405 e. The molecule has 0 aliphatic rings. The number of carbonyl (C=O) groups is 1. The van der Waals surface area contributed by atoms with E-state index in [0.717, 1.165) is 0 Å². The molecule has 0 aromatic carbocycles. The van der Waals surface area contributed by atoms with Gasteiger partial charge in [-0.3, -0.25) is 4.79 Å². The van der Waals surface area contributed by atoms with Gasteiger partial charge in [-0.25, -0.2) is 0 Å². The minimum absolute atomic E-state index is 0.0872. The van der Waals surface area contributed by atoms with Crippen LogP contribution < -0.4 is 5.32 Å². The van der Waals surface area contributed by atoms with Crippen molar-refractivity contribution in [2.24, 2.45) is 0 Å². The summed E-state index contributed by atoms with van der Waals surface area (Å²) in [5.41, 5.74) is 0. The normalized spacial score (nSPS) is 10.8. The Morgan fingerprint density at radius 3 is 2.45 bits per heavy atom. The number of halogens is 3. The highest BCUT2D eigenvalue weighted by molar-refractivity contribution is 5.77. The molecular formula is C6H8F3NO. The molecule has 0 rings (SSSR count). The molecule has 0 bridgehead atoms. The maximum absolute atomic E-state index is 11.4. The molecule has 0 radical (unpaired) electrons. The standard InChI is InChI=1S/C6H8F3NO/c1-2-3-5(11)10-4-6(7,8)9/h2H,1,3-4H2,(H,10,11). The van der Waals surface area contributed by atoms with E-state index in [0.29, 0.717) is 0 Å². The van der Waals surface area contributed by atoms with Crippen LogP contribution in [-0.4, -0.2) is 18.6 Å².